The van der Waals surface area contributed by atoms with E-state index in [-0.39, 0.29) is 24.0 Å². The van der Waals surface area contributed by atoms with Crippen molar-refractivity contribution in [1.29, 1.82) is 0 Å². The lowest BCUT2D eigenvalue weighted by Crippen LogP contribution is -2.39. The summed E-state index contributed by atoms with van der Waals surface area (Å²) in [7, 11) is 3.92. The Morgan fingerprint density at radius 1 is 1.48 bits per heavy atom. The fourth-order valence-electron chi connectivity index (χ4n) is 3.33. The van der Waals surface area contributed by atoms with Gasteiger partial charge in [0, 0.05) is 32.6 Å². The van der Waals surface area contributed by atoms with E-state index in [0.29, 0.717) is 0 Å². The van der Waals surface area contributed by atoms with Crippen LogP contribution in [0.25, 0.3) is 0 Å². The van der Waals surface area contributed by atoms with Gasteiger partial charge >= 0.3 is 0 Å². The molecular formula is C18H34IN5S. The molecule has 0 amide bonds. The minimum Gasteiger partial charge on any atom is -0.356 e. The molecule has 0 spiro atoms. The Balaban J connectivity index is 0.00000312. The predicted octanol–water partition coefficient (Wildman–Crippen LogP) is 3.59. The highest BCUT2D eigenvalue weighted by Crippen LogP contribution is 2.15. The summed E-state index contributed by atoms with van der Waals surface area (Å²) in [6, 6.07) is 0. The maximum Gasteiger partial charge on any atom is 0.193 e. The van der Waals surface area contributed by atoms with Crippen molar-refractivity contribution in [2.45, 2.75) is 46.1 Å². The minimum absolute atomic E-state index is 0. The number of nitrogens with one attached hydrogen (secondary N) is 1. The van der Waals surface area contributed by atoms with Crippen LogP contribution in [0, 0.1) is 12.8 Å². The van der Waals surface area contributed by atoms with Crippen molar-refractivity contribution < 1.29 is 0 Å². The van der Waals surface area contributed by atoms with Gasteiger partial charge in [-0.1, -0.05) is 6.92 Å². The number of aromatic nitrogens is 1. The van der Waals surface area contributed by atoms with Crippen molar-refractivity contribution in [3.05, 3.63) is 16.1 Å². The van der Waals surface area contributed by atoms with Crippen molar-refractivity contribution in [1.82, 2.24) is 20.1 Å². The predicted molar refractivity (Wildman–Crippen MR) is 119 cm³/mol. The van der Waals surface area contributed by atoms with Gasteiger partial charge in [-0.05, 0) is 51.6 Å². The first-order valence-electron chi connectivity index (χ1n) is 9.13. The molecule has 0 aliphatic carbocycles. The molecule has 5 nitrogen and oxygen atoms in total. The quantitative estimate of drug-likeness (QED) is 0.281. The van der Waals surface area contributed by atoms with Crippen LogP contribution in [0.15, 0.2) is 10.4 Å². The topological polar surface area (TPSA) is 43.8 Å². The number of rotatable bonds is 7. The van der Waals surface area contributed by atoms with Crippen molar-refractivity contribution >= 4 is 41.3 Å². The molecule has 1 aromatic heterocycles. The normalized spacial score (nSPS) is 18.7. The van der Waals surface area contributed by atoms with Gasteiger partial charge in [-0.25, -0.2) is 4.98 Å². The van der Waals surface area contributed by atoms with Gasteiger partial charge in [0.1, 0.15) is 0 Å². The molecule has 1 saturated heterocycles. The van der Waals surface area contributed by atoms with E-state index < -0.39 is 0 Å². The van der Waals surface area contributed by atoms with E-state index in [2.05, 4.69) is 44.4 Å². The summed E-state index contributed by atoms with van der Waals surface area (Å²) in [6.45, 7) is 10.0. The number of piperidine rings is 1. The molecular weight excluding hydrogens is 445 g/mol. The van der Waals surface area contributed by atoms with Gasteiger partial charge in [-0.2, -0.15) is 0 Å². The summed E-state index contributed by atoms with van der Waals surface area (Å²) < 4.78 is 0. The summed E-state index contributed by atoms with van der Waals surface area (Å²) >= 11 is 1.70. The van der Waals surface area contributed by atoms with Crippen LogP contribution in [-0.4, -0.2) is 61.0 Å². The molecule has 1 aromatic rings. The first kappa shape index (κ1) is 22.6. The van der Waals surface area contributed by atoms with Crippen molar-refractivity contribution in [2.24, 2.45) is 10.9 Å². The Kier molecular flexibility index (Phi) is 10.9. The number of guanidine groups is 1. The number of thiazole rings is 1. The summed E-state index contributed by atoms with van der Waals surface area (Å²) in [5.41, 5.74) is 1.11. The van der Waals surface area contributed by atoms with Gasteiger partial charge in [0.15, 0.2) is 5.96 Å². The van der Waals surface area contributed by atoms with Gasteiger partial charge in [0.05, 0.1) is 17.2 Å². The van der Waals surface area contributed by atoms with Crippen LogP contribution in [0.4, 0.5) is 0 Å². The molecule has 7 heteroatoms. The highest BCUT2D eigenvalue weighted by atomic mass is 127. The molecule has 1 N–H and O–H groups in total. The van der Waals surface area contributed by atoms with Crippen molar-refractivity contribution in [3.8, 4) is 0 Å². The third-order valence-corrected chi connectivity index (χ3v) is 5.39. The van der Waals surface area contributed by atoms with Gasteiger partial charge < -0.3 is 15.1 Å². The number of unbranched alkanes of at least 4 members (excludes halogenated alkanes) is 1. The molecule has 0 radical (unpaired) electrons. The third-order valence-electron chi connectivity index (χ3n) is 4.56. The number of halogens is 1. The second-order valence-electron chi connectivity index (χ2n) is 6.94. The van der Waals surface area contributed by atoms with Crippen LogP contribution in [0.1, 0.15) is 43.3 Å². The number of nitrogens with zero attached hydrogens (tertiary/aromatic N) is 4. The summed E-state index contributed by atoms with van der Waals surface area (Å²) in [5.74, 6) is 1.82. The summed E-state index contributed by atoms with van der Waals surface area (Å²) in [5, 5.41) is 6.72. The molecule has 0 saturated carbocycles. The average Bonchev–Trinajstić information content (AvgIpc) is 2.95. The zero-order valence-electron chi connectivity index (χ0n) is 16.1. The van der Waals surface area contributed by atoms with Crippen LogP contribution >= 0.6 is 35.3 Å². The van der Waals surface area contributed by atoms with Gasteiger partial charge in [0.2, 0.25) is 0 Å². The molecule has 0 aromatic carbocycles. The summed E-state index contributed by atoms with van der Waals surface area (Å²) in [6.07, 6.45) is 5.21. The van der Waals surface area contributed by atoms with Crippen LogP contribution in [0.2, 0.25) is 0 Å². The highest BCUT2D eigenvalue weighted by Gasteiger charge is 2.15. The lowest BCUT2D eigenvalue weighted by molar-refractivity contribution is 0.181. The standard InChI is InChI=1S/C18H33N5S.HI/c1-15-8-7-11-23(12-15)10-6-5-9-20-18(19-3)22(4)13-17-14-24-16(2)21-17;/h14-15H,5-13H2,1-4H3,(H,19,20);1H. The molecule has 1 fully saturated rings. The Bertz CT molecular complexity index is 519. The van der Waals surface area contributed by atoms with E-state index >= 15 is 0 Å². The van der Waals surface area contributed by atoms with Gasteiger partial charge in [-0.3, -0.25) is 4.99 Å². The maximum atomic E-state index is 4.52. The SMILES string of the molecule is CN=C(NCCCCN1CCCC(C)C1)N(C)Cc1csc(C)n1.I. The van der Waals surface area contributed by atoms with Crippen LogP contribution < -0.4 is 5.32 Å². The first-order valence-corrected chi connectivity index (χ1v) is 10.0. The van der Waals surface area contributed by atoms with Crippen LogP contribution in [0.5, 0.6) is 0 Å². The Hall–Kier alpha value is -0.410. The average molecular weight is 479 g/mol. The molecule has 1 atom stereocenters. The molecule has 25 heavy (non-hydrogen) atoms. The zero-order chi connectivity index (χ0) is 17.4. The van der Waals surface area contributed by atoms with E-state index in [1.54, 1.807) is 11.3 Å². The number of likely N-dealkylation sites (tertiary alicyclic amines) is 1. The smallest absolute Gasteiger partial charge is 0.193 e. The molecule has 2 heterocycles. The van der Waals surface area contributed by atoms with Gasteiger partial charge in [-0.15, -0.1) is 35.3 Å². The monoisotopic (exact) mass is 479 g/mol. The molecule has 144 valence electrons. The van der Waals surface area contributed by atoms with Crippen molar-refractivity contribution in [3.63, 3.8) is 0 Å². The Labute approximate surface area is 174 Å². The molecule has 1 aliphatic rings. The molecule has 1 aliphatic heterocycles. The Morgan fingerprint density at radius 2 is 2.28 bits per heavy atom. The van der Waals surface area contributed by atoms with Crippen LogP contribution in [-0.2, 0) is 6.54 Å². The maximum absolute atomic E-state index is 4.52. The number of aliphatic imine (C=N–C) groups is 1. The fourth-order valence-corrected chi connectivity index (χ4v) is 3.94. The van der Waals surface area contributed by atoms with E-state index in [0.717, 1.165) is 35.7 Å². The minimum atomic E-state index is 0. The van der Waals surface area contributed by atoms with Crippen LogP contribution in [0.3, 0.4) is 0 Å². The van der Waals surface area contributed by atoms with E-state index in [1.807, 2.05) is 14.0 Å². The zero-order valence-corrected chi connectivity index (χ0v) is 19.3. The number of hydrogen-bond donors (Lipinski definition) is 1. The second kappa shape index (κ2) is 12.1. The molecule has 1 unspecified atom stereocenters. The van der Waals surface area contributed by atoms with E-state index in [1.165, 1.54) is 45.3 Å². The van der Waals surface area contributed by atoms with E-state index in [9.17, 15) is 0 Å². The molecule has 2 rings (SSSR count). The van der Waals surface area contributed by atoms with Gasteiger partial charge in [0.25, 0.3) is 0 Å². The lowest BCUT2D eigenvalue weighted by atomic mass is 10.0. The van der Waals surface area contributed by atoms with Crippen molar-refractivity contribution in [2.75, 3.05) is 40.3 Å². The Morgan fingerprint density at radius 3 is 2.92 bits per heavy atom. The molecule has 0 bridgehead atoms. The second-order valence-corrected chi connectivity index (χ2v) is 8.01. The summed E-state index contributed by atoms with van der Waals surface area (Å²) in [4.78, 5) is 13.7. The fraction of sp³-hybridized carbons (Fsp3) is 0.778. The number of hydrogen-bond acceptors (Lipinski definition) is 4. The highest BCUT2D eigenvalue weighted by molar-refractivity contribution is 14.0. The first-order chi connectivity index (χ1) is 11.6. The third kappa shape index (κ3) is 8.21. The van der Waals surface area contributed by atoms with E-state index in [4.69, 9.17) is 0 Å². The number of aryl methyl sites for hydroxylation is 1. The largest absolute Gasteiger partial charge is 0.356 e. The lowest BCUT2D eigenvalue weighted by Gasteiger charge is -2.30.